The SMILES string of the molecule is CCNC(C)(CSC(C)C(C)C)C(N)=O. The molecule has 2 atom stereocenters. The molecule has 0 heterocycles. The first-order valence-electron chi connectivity index (χ1n) is 5.50. The number of hydrogen-bond acceptors (Lipinski definition) is 3. The van der Waals surface area contributed by atoms with Gasteiger partial charge in [-0.1, -0.05) is 27.7 Å². The Morgan fingerprint density at radius 1 is 1.47 bits per heavy atom. The van der Waals surface area contributed by atoms with Crippen LogP contribution < -0.4 is 11.1 Å². The number of primary amides is 1. The molecule has 3 nitrogen and oxygen atoms in total. The molecule has 3 N–H and O–H groups in total. The highest BCUT2D eigenvalue weighted by Gasteiger charge is 2.30. The monoisotopic (exact) mass is 232 g/mol. The average Bonchev–Trinajstić information content (AvgIpc) is 2.14. The lowest BCUT2D eigenvalue weighted by molar-refractivity contribution is -0.122. The molecule has 90 valence electrons. The van der Waals surface area contributed by atoms with E-state index in [1.165, 1.54) is 0 Å². The van der Waals surface area contributed by atoms with Gasteiger partial charge in [0.1, 0.15) is 5.54 Å². The summed E-state index contributed by atoms with van der Waals surface area (Å²) in [6.45, 7) is 11.2. The Balaban J connectivity index is 4.25. The molecule has 0 spiro atoms. The molecule has 0 aromatic heterocycles. The minimum Gasteiger partial charge on any atom is -0.368 e. The molecule has 0 saturated carbocycles. The summed E-state index contributed by atoms with van der Waals surface area (Å²) in [5.74, 6) is 1.08. The molecule has 0 fully saturated rings. The van der Waals surface area contributed by atoms with Crippen molar-refractivity contribution in [3.63, 3.8) is 0 Å². The number of carbonyl (C=O) groups excluding carboxylic acids is 1. The van der Waals surface area contributed by atoms with Crippen LogP contribution in [0.5, 0.6) is 0 Å². The largest absolute Gasteiger partial charge is 0.368 e. The molecule has 1 amide bonds. The second kappa shape index (κ2) is 6.38. The first kappa shape index (κ1) is 14.8. The van der Waals surface area contributed by atoms with E-state index < -0.39 is 5.54 Å². The van der Waals surface area contributed by atoms with Crippen LogP contribution in [-0.4, -0.2) is 29.0 Å². The smallest absolute Gasteiger partial charge is 0.238 e. The average molecular weight is 232 g/mol. The minimum absolute atomic E-state index is 0.271. The maximum Gasteiger partial charge on any atom is 0.238 e. The zero-order valence-electron chi connectivity index (χ0n) is 10.5. The first-order chi connectivity index (χ1) is 6.83. The van der Waals surface area contributed by atoms with E-state index in [0.29, 0.717) is 11.2 Å². The molecular weight excluding hydrogens is 208 g/mol. The highest BCUT2D eigenvalue weighted by Crippen LogP contribution is 2.22. The Kier molecular flexibility index (Phi) is 6.29. The minimum atomic E-state index is -0.581. The Morgan fingerprint density at radius 3 is 2.33 bits per heavy atom. The second-order valence-corrected chi connectivity index (χ2v) is 5.85. The molecule has 0 aliphatic rings. The topological polar surface area (TPSA) is 55.1 Å². The molecule has 0 aliphatic carbocycles. The molecule has 0 aromatic carbocycles. The van der Waals surface area contributed by atoms with Gasteiger partial charge in [0.05, 0.1) is 0 Å². The number of hydrogen-bond donors (Lipinski definition) is 2. The van der Waals surface area contributed by atoms with E-state index in [1.807, 2.05) is 13.8 Å². The van der Waals surface area contributed by atoms with Gasteiger partial charge in [-0.2, -0.15) is 11.8 Å². The summed E-state index contributed by atoms with van der Waals surface area (Å²) in [5.41, 5.74) is 4.82. The predicted octanol–water partition coefficient (Wildman–Crippen LogP) is 1.62. The van der Waals surface area contributed by atoms with Gasteiger partial charge < -0.3 is 11.1 Å². The Bertz CT molecular complexity index is 209. The molecule has 0 rings (SSSR count). The van der Waals surface area contributed by atoms with Crippen LogP contribution >= 0.6 is 11.8 Å². The van der Waals surface area contributed by atoms with Gasteiger partial charge in [0.15, 0.2) is 0 Å². The van der Waals surface area contributed by atoms with Gasteiger partial charge in [0.25, 0.3) is 0 Å². The van der Waals surface area contributed by atoms with Crippen LogP contribution in [0.2, 0.25) is 0 Å². The third-order valence-corrected chi connectivity index (χ3v) is 4.50. The predicted molar refractivity (Wildman–Crippen MR) is 68.0 cm³/mol. The fourth-order valence-corrected chi connectivity index (χ4v) is 2.32. The van der Waals surface area contributed by atoms with Crippen molar-refractivity contribution < 1.29 is 4.79 Å². The summed E-state index contributed by atoms with van der Waals surface area (Å²) < 4.78 is 0. The maximum absolute atomic E-state index is 11.3. The summed E-state index contributed by atoms with van der Waals surface area (Å²) in [7, 11) is 0. The summed E-state index contributed by atoms with van der Waals surface area (Å²) in [5, 5.41) is 3.70. The van der Waals surface area contributed by atoms with Crippen LogP contribution in [-0.2, 0) is 4.79 Å². The van der Waals surface area contributed by atoms with Crippen LogP contribution in [0.3, 0.4) is 0 Å². The van der Waals surface area contributed by atoms with E-state index in [-0.39, 0.29) is 5.91 Å². The summed E-state index contributed by atoms with van der Waals surface area (Å²) in [4.78, 5) is 11.3. The van der Waals surface area contributed by atoms with Crippen LogP contribution in [0.25, 0.3) is 0 Å². The summed E-state index contributed by atoms with van der Waals surface area (Å²) >= 11 is 1.80. The van der Waals surface area contributed by atoms with Gasteiger partial charge >= 0.3 is 0 Å². The highest BCUT2D eigenvalue weighted by atomic mass is 32.2. The number of nitrogens with one attached hydrogen (secondary N) is 1. The molecule has 0 bridgehead atoms. The molecule has 0 aromatic rings. The van der Waals surface area contributed by atoms with Crippen LogP contribution in [0, 0.1) is 5.92 Å². The van der Waals surface area contributed by atoms with Crippen molar-refractivity contribution >= 4 is 17.7 Å². The zero-order chi connectivity index (χ0) is 12.1. The molecule has 0 saturated heterocycles. The molecule has 15 heavy (non-hydrogen) atoms. The lowest BCUT2D eigenvalue weighted by atomic mass is 10.1. The maximum atomic E-state index is 11.3. The Labute approximate surface area is 97.6 Å². The van der Waals surface area contributed by atoms with Crippen molar-refractivity contribution in [2.24, 2.45) is 11.7 Å². The lowest BCUT2D eigenvalue weighted by Gasteiger charge is -2.28. The summed E-state index contributed by atoms with van der Waals surface area (Å²) in [6, 6.07) is 0. The molecule has 0 aliphatic heterocycles. The van der Waals surface area contributed by atoms with Gasteiger partial charge in [-0.3, -0.25) is 4.79 Å². The van der Waals surface area contributed by atoms with Crippen LogP contribution in [0.1, 0.15) is 34.6 Å². The number of carbonyl (C=O) groups is 1. The highest BCUT2D eigenvalue weighted by molar-refractivity contribution is 8.00. The van der Waals surface area contributed by atoms with Crippen molar-refractivity contribution in [2.75, 3.05) is 12.3 Å². The second-order valence-electron chi connectivity index (χ2n) is 4.49. The van der Waals surface area contributed by atoms with E-state index in [4.69, 9.17) is 5.73 Å². The third-order valence-electron chi connectivity index (χ3n) is 2.68. The van der Waals surface area contributed by atoms with Gasteiger partial charge in [0.2, 0.25) is 5.91 Å². The fraction of sp³-hybridized carbons (Fsp3) is 0.909. The van der Waals surface area contributed by atoms with Crippen molar-refractivity contribution in [1.82, 2.24) is 5.32 Å². The van der Waals surface area contributed by atoms with E-state index in [1.54, 1.807) is 11.8 Å². The van der Waals surface area contributed by atoms with Crippen LogP contribution in [0.4, 0.5) is 0 Å². The van der Waals surface area contributed by atoms with E-state index in [9.17, 15) is 4.79 Å². The molecule has 0 radical (unpaired) electrons. The van der Waals surface area contributed by atoms with Crippen molar-refractivity contribution in [3.8, 4) is 0 Å². The van der Waals surface area contributed by atoms with E-state index >= 15 is 0 Å². The molecule has 2 unspecified atom stereocenters. The number of amides is 1. The lowest BCUT2D eigenvalue weighted by Crippen LogP contribution is -2.55. The standard InChI is InChI=1S/C11H24N2OS/c1-6-13-11(5,10(12)14)7-15-9(4)8(2)3/h8-9,13H,6-7H2,1-5H3,(H2,12,14). The number of nitrogens with two attached hydrogens (primary N) is 1. The van der Waals surface area contributed by atoms with Gasteiger partial charge in [-0.15, -0.1) is 0 Å². The zero-order valence-corrected chi connectivity index (χ0v) is 11.3. The summed E-state index contributed by atoms with van der Waals surface area (Å²) in [6.07, 6.45) is 0. The molecule has 4 heteroatoms. The Hall–Kier alpha value is -0.220. The third kappa shape index (κ3) is 4.89. The molecular formula is C11H24N2OS. The fourth-order valence-electron chi connectivity index (χ4n) is 1.09. The van der Waals surface area contributed by atoms with Gasteiger partial charge in [-0.05, 0) is 19.4 Å². The van der Waals surface area contributed by atoms with Gasteiger partial charge in [0, 0.05) is 11.0 Å². The Morgan fingerprint density at radius 2 is 2.00 bits per heavy atom. The van der Waals surface area contributed by atoms with Crippen molar-refractivity contribution in [2.45, 2.75) is 45.4 Å². The van der Waals surface area contributed by atoms with E-state index in [2.05, 4.69) is 26.1 Å². The van der Waals surface area contributed by atoms with Crippen LogP contribution in [0.15, 0.2) is 0 Å². The van der Waals surface area contributed by atoms with Gasteiger partial charge in [-0.25, -0.2) is 0 Å². The first-order valence-corrected chi connectivity index (χ1v) is 6.55. The van der Waals surface area contributed by atoms with Crippen molar-refractivity contribution in [3.05, 3.63) is 0 Å². The number of likely N-dealkylation sites (N-methyl/N-ethyl adjacent to an activating group) is 1. The van der Waals surface area contributed by atoms with Crippen molar-refractivity contribution in [1.29, 1.82) is 0 Å². The number of rotatable bonds is 7. The normalized spacial score (nSPS) is 17.5. The van der Waals surface area contributed by atoms with E-state index in [0.717, 1.165) is 12.3 Å². The number of thioether (sulfide) groups is 1. The quantitative estimate of drug-likeness (QED) is 0.701.